The average molecular weight is 329 g/mol. The van der Waals surface area contributed by atoms with Crippen LogP contribution < -0.4 is 0 Å². The number of carbonyl (C=O) groups is 2. The molecule has 0 radical (unpaired) electrons. The van der Waals surface area contributed by atoms with Gasteiger partial charge in [0.1, 0.15) is 0 Å². The maximum absolute atomic E-state index is 13.0. The minimum Gasteiger partial charge on any atom is -0.347 e. The number of hydrogen-bond donors (Lipinski definition) is 0. The maximum atomic E-state index is 13.0. The first-order valence-electron chi connectivity index (χ1n) is 8.76. The third-order valence-corrected chi connectivity index (χ3v) is 5.33. The maximum Gasteiger partial charge on any atom is 0.241 e. The lowest BCUT2D eigenvalue weighted by Crippen LogP contribution is -2.48. The third kappa shape index (κ3) is 3.46. The van der Waals surface area contributed by atoms with E-state index in [0.29, 0.717) is 6.54 Å². The van der Waals surface area contributed by atoms with Crippen LogP contribution in [0.1, 0.15) is 24.8 Å². The summed E-state index contributed by atoms with van der Waals surface area (Å²) in [6.45, 7) is 3.67. The molecule has 130 valence electrons. The summed E-state index contributed by atoms with van der Waals surface area (Å²) in [5, 5.41) is 0. The Labute approximate surface area is 144 Å². The molecule has 0 aromatic heterocycles. The topological polar surface area (TPSA) is 43.9 Å². The van der Waals surface area contributed by atoms with Crippen molar-refractivity contribution in [3.63, 3.8) is 0 Å². The molecule has 0 bridgehead atoms. The number of rotatable bonds is 4. The fourth-order valence-corrected chi connectivity index (χ4v) is 3.93. The SMILES string of the molecule is CN(C)C(=O)CN1CCC2(CCCN(Cc3ccccc3)C2)C1=O. The highest BCUT2D eigenvalue weighted by atomic mass is 16.2. The van der Waals surface area contributed by atoms with Crippen molar-refractivity contribution >= 4 is 11.8 Å². The number of amides is 2. The van der Waals surface area contributed by atoms with Gasteiger partial charge in [0.15, 0.2) is 0 Å². The first kappa shape index (κ1) is 17.0. The van der Waals surface area contributed by atoms with Crippen LogP contribution in [0.3, 0.4) is 0 Å². The first-order chi connectivity index (χ1) is 11.5. The largest absolute Gasteiger partial charge is 0.347 e. The second-order valence-electron chi connectivity index (χ2n) is 7.35. The van der Waals surface area contributed by atoms with E-state index in [2.05, 4.69) is 29.2 Å². The Morgan fingerprint density at radius 1 is 1.17 bits per heavy atom. The number of benzene rings is 1. The van der Waals surface area contributed by atoms with Crippen LogP contribution in [-0.4, -0.2) is 66.8 Å². The predicted molar refractivity (Wildman–Crippen MR) is 93.3 cm³/mol. The van der Waals surface area contributed by atoms with Crippen LogP contribution in [-0.2, 0) is 16.1 Å². The molecule has 5 nitrogen and oxygen atoms in total. The first-order valence-corrected chi connectivity index (χ1v) is 8.76. The number of likely N-dealkylation sites (tertiary alicyclic amines) is 2. The van der Waals surface area contributed by atoms with Crippen molar-refractivity contribution in [1.29, 1.82) is 0 Å². The van der Waals surface area contributed by atoms with Gasteiger partial charge in [0.2, 0.25) is 11.8 Å². The smallest absolute Gasteiger partial charge is 0.241 e. The molecule has 0 saturated carbocycles. The third-order valence-electron chi connectivity index (χ3n) is 5.33. The van der Waals surface area contributed by atoms with Gasteiger partial charge >= 0.3 is 0 Å². The van der Waals surface area contributed by atoms with Crippen molar-refractivity contribution in [3.8, 4) is 0 Å². The van der Waals surface area contributed by atoms with Gasteiger partial charge in [0.05, 0.1) is 12.0 Å². The zero-order valence-corrected chi connectivity index (χ0v) is 14.7. The van der Waals surface area contributed by atoms with Gasteiger partial charge in [-0.3, -0.25) is 14.5 Å². The van der Waals surface area contributed by atoms with E-state index in [9.17, 15) is 9.59 Å². The van der Waals surface area contributed by atoms with E-state index < -0.39 is 0 Å². The molecule has 2 aliphatic heterocycles. The van der Waals surface area contributed by atoms with Gasteiger partial charge in [-0.05, 0) is 31.4 Å². The van der Waals surface area contributed by atoms with Gasteiger partial charge in [-0.15, -0.1) is 0 Å². The van der Waals surface area contributed by atoms with Crippen LogP contribution in [0, 0.1) is 5.41 Å². The van der Waals surface area contributed by atoms with E-state index in [1.54, 1.807) is 23.9 Å². The summed E-state index contributed by atoms with van der Waals surface area (Å²) in [5.41, 5.74) is 1.01. The van der Waals surface area contributed by atoms with Gasteiger partial charge in [0, 0.05) is 33.7 Å². The molecule has 1 atom stereocenters. The van der Waals surface area contributed by atoms with E-state index in [4.69, 9.17) is 0 Å². The minimum atomic E-state index is -0.278. The van der Waals surface area contributed by atoms with E-state index in [-0.39, 0.29) is 23.8 Å². The summed E-state index contributed by atoms with van der Waals surface area (Å²) in [4.78, 5) is 30.6. The van der Waals surface area contributed by atoms with Gasteiger partial charge in [-0.25, -0.2) is 0 Å². The van der Waals surface area contributed by atoms with Crippen LogP contribution in [0.2, 0.25) is 0 Å². The Morgan fingerprint density at radius 2 is 1.92 bits per heavy atom. The highest BCUT2D eigenvalue weighted by Crippen LogP contribution is 2.40. The van der Waals surface area contributed by atoms with Gasteiger partial charge < -0.3 is 9.80 Å². The quantitative estimate of drug-likeness (QED) is 0.843. The monoisotopic (exact) mass is 329 g/mol. The highest BCUT2D eigenvalue weighted by Gasteiger charge is 2.49. The molecule has 2 heterocycles. The molecule has 3 rings (SSSR count). The second-order valence-corrected chi connectivity index (χ2v) is 7.35. The molecule has 1 spiro atoms. The highest BCUT2D eigenvalue weighted by molar-refractivity contribution is 5.89. The van der Waals surface area contributed by atoms with E-state index in [0.717, 1.165) is 38.9 Å². The van der Waals surface area contributed by atoms with Gasteiger partial charge in [0.25, 0.3) is 0 Å². The average Bonchev–Trinajstić information content (AvgIpc) is 2.85. The summed E-state index contributed by atoms with van der Waals surface area (Å²) in [5.74, 6) is 0.174. The summed E-state index contributed by atoms with van der Waals surface area (Å²) < 4.78 is 0. The molecule has 2 saturated heterocycles. The molecular weight excluding hydrogens is 302 g/mol. The fourth-order valence-electron chi connectivity index (χ4n) is 3.93. The van der Waals surface area contributed by atoms with Crippen molar-refractivity contribution in [2.45, 2.75) is 25.8 Å². The Kier molecular flexibility index (Phi) is 4.90. The van der Waals surface area contributed by atoms with E-state index in [1.165, 1.54) is 5.56 Å². The van der Waals surface area contributed by atoms with Crippen LogP contribution in [0.15, 0.2) is 30.3 Å². The lowest BCUT2D eigenvalue weighted by Gasteiger charge is -2.39. The number of likely N-dealkylation sites (N-methyl/N-ethyl adjacent to an activating group) is 1. The molecule has 1 aromatic carbocycles. The lowest BCUT2D eigenvalue weighted by atomic mass is 9.78. The zero-order chi connectivity index (χ0) is 17.2. The van der Waals surface area contributed by atoms with Crippen LogP contribution in [0.25, 0.3) is 0 Å². The fraction of sp³-hybridized carbons (Fsp3) is 0.579. The Balaban J connectivity index is 1.65. The molecule has 2 fully saturated rings. The molecule has 2 aliphatic rings. The van der Waals surface area contributed by atoms with Crippen LogP contribution in [0.5, 0.6) is 0 Å². The van der Waals surface area contributed by atoms with Crippen LogP contribution in [0.4, 0.5) is 0 Å². The predicted octanol–water partition coefficient (Wildman–Crippen LogP) is 1.59. The minimum absolute atomic E-state index is 0.00245. The molecule has 1 unspecified atom stereocenters. The number of piperidine rings is 1. The lowest BCUT2D eigenvalue weighted by molar-refractivity contribution is -0.143. The van der Waals surface area contributed by atoms with Crippen molar-refractivity contribution < 1.29 is 9.59 Å². The second kappa shape index (κ2) is 6.93. The van der Waals surface area contributed by atoms with Gasteiger partial charge in [-0.1, -0.05) is 30.3 Å². The zero-order valence-electron chi connectivity index (χ0n) is 14.7. The van der Waals surface area contributed by atoms with E-state index >= 15 is 0 Å². The van der Waals surface area contributed by atoms with Crippen LogP contribution >= 0.6 is 0 Å². The molecule has 5 heteroatoms. The van der Waals surface area contributed by atoms with Crippen molar-refractivity contribution in [2.24, 2.45) is 5.41 Å². The molecule has 24 heavy (non-hydrogen) atoms. The summed E-state index contributed by atoms with van der Waals surface area (Å²) in [7, 11) is 3.47. The molecule has 0 N–H and O–H groups in total. The molecular formula is C19H27N3O2. The summed E-state index contributed by atoms with van der Waals surface area (Å²) in [6.07, 6.45) is 2.87. The van der Waals surface area contributed by atoms with Gasteiger partial charge in [-0.2, -0.15) is 0 Å². The molecule has 2 amide bonds. The van der Waals surface area contributed by atoms with Crippen molar-refractivity contribution in [3.05, 3.63) is 35.9 Å². The van der Waals surface area contributed by atoms with Crippen molar-refractivity contribution in [2.75, 3.05) is 40.3 Å². The Hall–Kier alpha value is -1.88. The Morgan fingerprint density at radius 3 is 2.62 bits per heavy atom. The van der Waals surface area contributed by atoms with Crippen molar-refractivity contribution in [1.82, 2.24) is 14.7 Å². The molecule has 1 aromatic rings. The number of hydrogen-bond acceptors (Lipinski definition) is 3. The summed E-state index contributed by atoms with van der Waals surface area (Å²) >= 11 is 0. The Bertz CT molecular complexity index is 602. The number of nitrogens with zero attached hydrogens (tertiary/aromatic N) is 3. The molecule has 0 aliphatic carbocycles. The normalized spacial score (nSPS) is 24.6. The summed E-state index contributed by atoms with van der Waals surface area (Å²) in [6, 6.07) is 10.4. The van der Waals surface area contributed by atoms with E-state index in [1.807, 2.05) is 6.07 Å². The number of carbonyl (C=O) groups excluding carboxylic acids is 2. The standard InChI is InChI=1S/C19H27N3O2/c1-20(2)17(23)14-22-12-10-19(18(22)24)9-6-11-21(15-19)13-16-7-4-3-5-8-16/h3-5,7-8H,6,9-15H2,1-2H3.